The number of halogens is 1. The fraction of sp³-hybridized carbons (Fsp3) is 0.467. The first kappa shape index (κ1) is 14.9. The Hall–Kier alpha value is -1.55. The standard InChI is InChI=1S/C15H18ClNO3/c1-3-15(14(19)20,11-4-6-12(16)7-5-11)17(10(2)18)13-8-9-13/h4-7,13H,3,8-9H2,1-2H3,(H,19,20). The smallest absolute Gasteiger partial charge is 0.334 e. The second-order valence-corrected chi connectivity index (χ2v) is 5.58. The van der Waals surface area contributed by atoms with Crippen molar-refractivity contribution in [2.75, 3.05) is 0 Å². The van der Waals surface area contributed by atoms with E-state index in [1.54, 1.807) is 31.2 Å². The molecular formula is C15H18ClNO3. The predicted molar refractivity (Wildman–Crippen MR) is 76.6 cm³/mol. The molecule has 0 spiro atoms. The number of carbonyl (C=O) groups excluding carboxylic acids is 1. The molecule has 1 aromatic rings. The van der Waals surface area contributed by atoms with Gasteiger partial charge < -0.3 is 10.0 Å². The number of aliphatic carboxylic acids is 1. The molecule has 0 radical (unpaired) electrons. The van der Waals surface area contributed by atoms with Gasteiger partial charge in [-0.15, -0.1) is 0 Å². The lowest BCUT2D eigenvalue weighted by Gasteiger charge is -2.40. The first-order valence-electron chi connectivity index (χ1n) is 6.72. The summed E-state index contributed by atoms with van der Waals surface area (Å²) in [7, 11) is 0. The number of benzene rings is 1. The summed E-state index contributed by atoms with van der Waals surface area (Å²) in [5, 5.41) is 10.4. The van der Waals surface area contributed by atoms with Gasteiger partial charge in [-0.1, -0.05) is 30.7 Å². The van der Waals surface area contributed by atoms with E-state index in [9.17, 15) is 14.7 Å². The van der Waals surface area contributed by atoms with E-state index in [0.717, 1.165) is 12.8 Å². The van der Waals surface area contributed by atoms with Gasteiger partial charge in [0.2, 0.25) is 5.91 Å². The Morgan fingerprint density at radius 2 is 1.90 bits per heavy atom. The van der Waals surface area contributed by atoms with Gasteiger partial charge in [0.05, 0.1) is 0 Å². The minimum absolute atomic E-state index is 0.0271. The minimum atomic E-state index is -1.31. The van der Waals surface area contributed by atoms with Gasteiger partial charge in [-0.05, 0) is 37.0 Å². The minimum Gasteiger partial charge on any atom is -0.479 e. The van der Waals surface area contributed by atoms with Gasteiger partial charge in [0.15, 0.2) is 5.54 Å². The van der Waals surface area contributed by atoms with Crippen LogP contribution in [0.5, 0.6) is 0 Å². The van der Waals surface area contributed by atoms with Crippen LogP contribution in [0.15, 0.2) is 24.3 Å². The number of amides is 1. The molecule has 20 heavy (non-hydrogen) atoms. The predicted octanol–water partition coefficient (Wildman–Crippen LogP) is 3.04. The molecule has 1 fully saturated rings. The number of hydrogen-bond acceptors (Lipinski definition) is 2. The van der Waals surface area contributed by atoms with E-state index in [1.165, 1.54) is 11.8 Å². The number of nitrogens with zero attached hydrogens (tertiary/aromatic N) is 1. The molecule has 1 amide bonds. The third kappa shape index (κ3) is 2.40. The Morgan fingerprint density at radius 3 is 2.25 bits per heavy atom. The molecule has 0 saturated heterocycles. The number of hydrogen-bond donors (Lipinski definition) is 1. The molecule has 1 unspecified atom stereocenters. The van der Waals surface area contributed by atoms with E-state index in [-0.39, 0.29) is 11.9 Å². The number of carboxylic acids is 1. The van der Waals surface area contributed by atoms with Crippen LogP contribution in [0.1, 0.15) is 38.7 Å². The van der Waals surface area contributed by atoms with E-state index in [4.69, 9.17) is 11.6 Å². The Morgan fingerprint density at radius 1 is 1.35 bits per heavy atom. The lowest BCUT2D eigenvalue weighted by atomic mass is 9.85. The maximum atomic E-state index is 12.0. The van der Waals surface area contributed by atoms with Crippen molar-refractivity contribution >= 4 is 23.5 Å². The highest BCUT2D eigenvalue weighted by atomic mass is 35.5. The molecule has 1 aliphatic carbocycles. The topological polar surface area (TPSA) is 57.6 Å². The summed E-state index contributed by atoms with van der Waals surface area (Å²) in [5.74, 6) is -1.20. The molecule has 0 aromatic heterocycles. The van der Waals surface area contributed by atoms with Crippen molar-refractivity contribution in [1.82, 2.24) is 4.90 Å². The second-order valence-electron chi connectivity index (χ2n) is 5.15. The molecule has 5 heteroatoms. The summed E-state index contributed by atoms with van der Waals surface area (Å²) in [6.07, 6.45) is 2.05. The SMILES string of the molecule is CCC(C(=O)O)(c1ccc(Cl)cc1)N(C(C)=O)C1CC1. The molecule has 2 rings (SSSR count). The van der Waals surface area contributed by atoms with Crippen molar-refractivity contribution in [2.24, 2.45) is 0 Å². The highest BCUT2D eigenvalue weighted by Crippen LogP contribution is 2.41. The highest BCUT2D eigenvalue weighted by molar-refractivity contribution is 6.30. The Bertz CT molecular complexity index is 524. The van der Waals surface area contributed by atoms with Crippen LogP contribution in [0.2, 0.25) is 5.02 Å². The van der Waals surface area contributed by atoms with Crippen LogP contribution < -0.4 is 0 Å². The van der Waals surface area contributed by atoms with E-state index >= 15 is 0 Å². The van der Waals surface area contributed by atoms with Crippen molar-refractivity contribution < 1.29 is 14.7 Å². The molecule has 4 nitrogen and oxygen atoms in total. The fourth-order valence-corrected chi connectivity index (χ4v) is 2.91. The Labute approximate surface area is 123 Å². The summed E-state index contributed by atoms with van der Waals surface area (Å²) < 4.78 is 0. The molecule has 0 aliphatic heterocycles. The van der Waals surface area contributed by atoms with Gasteiger partial charge in [0, 0.05) is 18.0 Å². The van der Waals surface area contributed by atoms with Crippen LogP contribution in [0.25, 0.3) is 0 Å². The summed E-state index contributed by atoms with van der Waals surface area (Å²) in [6, 6.07) is 6.74. The number of carbonyl (C=O) groups is 2. The Balaban J connectivity index is 2.56. The van der Waals surface area contributed by atoms with Crippen molar-refractivity contribution in [2.45, 2.75) is 44.7 Å². The van der Waals surface area contributed by atoms with Crippen LogP contribution in [-0.4, -0.2) is 27.9 Å². The zero-order chi connectivity index (χ0) is 14.9. The average molecular weight is 296 g/mol. The van der Waals surface area contributed by atoms with Gasteiger partial charge in [-0.3, -0.25) is 4.79 Å². The lowest BCUT2D eigenvalue weighted by molar-refractivity contribution is -0.161. The number of rotatable bonds is 5. The van der Waals surface area contributed by atoms with Gasteiger partial charge in [-0.25, -0.2) is 4.79 Å². The third-order valence-electron chi connectivity index (χ3n) is 3.85. The molecule has 0 bridgehead atoms. The summed E-state index contributed by atoms with van der Waals surface area (Å²) >= 11 is 5.87. The largest absolute Gasteiger partial charge is 0.479 e. The Kier molecular flexibility index (Phi) is 4.04. The summed E-state index contributed by atoms with van der Waals surface area (Å²) in [5.41, 5.74) is -0.712. The molecule has 1 aromatic carbocycles. The summed E-state index contributed by atoms with van der Waals surface area (Å²) in [4.78, 5) is 25.5. The normalized spacial score (nSPS) is 17.4. The molecule has 108 valence electrons. The van der Waals surface area contributed by atoms with Crippen LogP contribution in [-0.2, 0) is 15.1 Å². The average Bonchev–Trinajstić information content (AvgIpc) is 3.20. The van der Waals surface area contributed by atoms with Crippen LogP contribution in [0.4, 0.5) is 0 Å². The maximum Gasteiger partial charge on any atom is 0.334 e. The molecule has 1 atom stereocenters. The first-order valence-corrected chi connectivity index (χ1v) is 7.10. The second kappa shape index (κ2) is 5.44. The van der Waals surface area contributed by atoms with Gasteiger partial charge in [0.1, 0.15) is 0 Å². The third-order valence-corrected chi connectivity index (χ3v) is 4.10. The lowest BCUT2D eigenvalue weighted by Crippen LogP contribution is -2.54. The molecule has 1 saturated carbocycles. The van der Waals surface area contributed by atoms with Gasteiger partial charge in [-0.2, -0.15) is 0 Å². The van der Waals surface area contributed by atoms with E-state index in [1.807, 2.05) is 0 Å². The first-order chi connectivity index (χ1) is 9.43. The monoisotopic (exact) mass is 295 g/mol. The molecule has 1 aliphatic rings. The van der Waals surface area contributed by atoms with Crippen molar-refractivity contribution in [3.05, 3.63) is 34.9 Å². The van der Waals surface area contributed by atoms with Crippen LogP contribution >= 0.6 is 11.6 Å². The van der Waals surface area contributed by atoms with Crippen LogP contribution in [0, 0.1) is 0 Å². The number of carboxylic acid groups (broad SMARTS) is 1. The molecular weight excluding hydrogens is 278 g/mol. The quantitative estimate of drug-likeness (QED) is 0.908. The zero-order valence-electron chi connectivity index (χ0n) is 11.6. The summed E-state index contributed by atoms with van der Waals surface area (Å²) in [6.45, 7) is 3.22. The van der Waals surface area contributed by atoms with Gasteiger partial charge in [0.25, 0.3) is 0 Å². The maximum absolute atomic E-state index is 12.0. The van der Waals surface area contributed by atoms with Crippen molar-refractivity contribution in [1.29, 1.82) is 0 Å². The fourth-order valence-electron chi connectivity index (χ4n) is 2.79. The zero-order valence-corrected chi connectivity index (χ0v) is 12.4. The van der Waals surface area contributed by atoms with Crippen LogP contribution in [0.3, 0.4) is 0 Å². The van der Waals surface area contributed by atoms with Crippen molar-refractivity contribution in [3.8, 4) is 0 Å². The highest BCUT2D eigenvalue weighted by Gasteiger charge is 2.51. The van der Waals surface area contributed by atoms with Gasteiger partial charge >= 0.3 is 5.97 Å². The molecule has 0 heterocycles. The van der Waals surface area contributed by atoms with E-state index < -0.39 is 11.5 Å². The molecule has 1 N–H and O–H groups in total. The van der Waals surface area contributed by atoms with E-state index in [2.05, 4.69) is 0 Å². The van der Waals surface area contributed by atoms with Crippen molar-refractivity contribution in [3.63, 3.8) is 0 Å². The van der Waals surface area contributed by atoms with E-state index in [0.29, 0.717) is 17.0 Å².